The lowest BCUT2D eigenvalue weighted by Crippen LogP contribution is -2.01. The minimum atomic E-state index is -0.538. The van der Waals surface area contributed by atoms with Gasteiger partial charge in [-0.15, -0.1) is 18.8 Å². The van der Waals surface area contributed by atoms with Gasteiger partial charge in [-0.2, -0.15) is 0 Å². The van der Waals surface area contributed by atoms with E-state index in [0.717, 1.165) is 19.3 Å². The predicted octanol–water partition coefficient (Wildman–Crippen LogP) is 3.51. The molecule has 16 heavy (non-hydrogen) atoms. The summed E-state index contributed by atoms with van der Waals surface area (Å²) in [7, 11) is 0. The van der Waals surface area contributed by atoms with E-state index in [-0.39, 0.29) is 0 Å². The van der Waals surface area contributed by atoms with E-state index in [2.05, 4.69) is 11.8 Å². The molecule has 0 radical (unpaired) electrons. The minimum Gasteiger partial charge on any atom is -0.380 e. The SMILES string of the molecule is C#CCCCCCCCCCCC(O)C#C. The van der Waals surface area contributed by atoms with Gasteiger partial charge in [0.25, 0.3) is 0 Å². The smallest absolute Gasteiger partial charge is 0.114 e. The topological polar surface area (TPSA) is 20.2 Å². The number of aliphatic hydroxyl groups is 1. The fraction of sp³-hybridized carbons (Fsp3) is 0.733. The van der Waals surface area contributed by atoms with Crippen LogP contribution in [0.1, 0.15) is 64.2 Å². The molecular weight excluding hydrogens is 196 g/mol. The van der Waals surface area contributed by atoms with Gasteiger partial charge in [0.2, 0.25) is 0 Å². The van der Waals surface area contributed by atoms with Crippen molar-refractivity contribution in [3.05, 3.63) is 0 Å². The van der Waals surface area contributed by atoms with Crippen LogP contribution in [-0.2, 0) is 0 Å². The van der Waals surface area contributed by atoms with E-state index in [1.54, 1.807) is 0 Å². The van der Waals surface area contributed by atoms with Gasteiger partial charge < -0.3 is 5.11 Å². The number of aliphatic hydroxyl groups excluding tert-OH is 1. The number of hydrogen-bond donors (Lipinski definition) is 1. The monoisotopic (exact) mass is 220 g/mol. The van der Waals surface area contributed by atoms with Gasteiger partial charge in [-0.25, -0.2) is 0 Å². The van der Waals surface area contributed by atoms with Crippen LogP contribution in [0.3, 0.4) is 0 Å². The highest BCUT2D eigenvalue weighted by Gasteiger charge is 1.97. The van der Waals surface area contributed by atoms with Crippen LogP contribution in [-0.4, -0.2) is 11.2 Å². The van der Waals surface area contributed by atoms with Gasteiger partial charge >= 0.3 is 0 Å². The Morgan fingerprint density at radius 2 is 1.31 bits per heavy atom. The quantitative estimate of drug-likeness (QED) is 0.441. The van der Waals surface area contributed by atoms with Crippen LogP contribution >= 0.6 is 0 Å². The fourth-order valence-electron chi connectivity index (χ4n) is 1.71. The van der Waals surface area contributed by atoms with Crippen molar-refractivity contribution in [3.8, 4) is 24.7 Å². The Balaban J connectivity index is 3.00. The van der Waals surface area contributed by atoms with Crippen molar-refractivity contribution >= 4 is 0 Å². The predicted molar refractivity (Wildman–Crippen MR) is 69.8 cm³/mol. The fourth-order valence-corrected chi connectivity index (χ4v) is 1.71. The summed E-state index contributed by atoms with van der Waals surface area (Å²) < 4.78 is 0. The highest BCUT2D eigenvalue weighted by atomic mass is 16.3. The molecule has 1 nitrogen and oxygen atoms in total. The summed E-state index contributed by atoms with van der Waals surface area (Å²) in [6, 6.07) is 0. The van der Waals surface area contributed by atoms with Crippen molar-refractivity contribution in [2.45, 2.75) is 70.3 Å². The molecule has 0 aromatic carbocycles. The van der Waals surface area contributed by atoms with E-state index in [4.69, 9.17) is 18.0 Å². The molecule has 0 saturated carbocycles. The minimum absolute atomic E-state index is 0.538. The van der Waals surface area contributed by atoms with E-state index in [9.17, 15) is 0 Å². The van der Waals surface area contributed by atoms with E-state index in [1.165, 1.54) is 44.9 Å². The third kappa shape index (κ3) is 11.2. The molecule has 1 unspecified atom stereocenters. The van der Waals surface area contributed by atoms with Gasteiger partial charge in [-0.1, -0.05) is 44.4 Å². The number of rotatable bonds is 10. The standard InChI is InChI=1S/C15H24O/c1-3-5-6-7-8-9-10-11-12-13-14-15(16)4-2/h1-2,15-16H,5-14H2. The maximum Gasteiger partial charge on any atom is 0.114 e. The molecule has 0 saturated heterocycles. The van der Waals surface area contributed by atoms with Gasteiger partial charge in [-0.3, -0.25) is 0 Å². The molecule has 0 aliphatic rings. The summed E-state index contributed by atoms with van der Waals surface area (Å²) in [5, 5.41) is 9.13. The summed E-state index contributed by atoms with van der Waals surface area (Å²) >= 11 is 0. The van der Waals surface area contributed by atoms with Gasteiger partial charge in [0, 0.05) is 6.42 Å². The summed E-state index contributed by atoms with van der Waals surface area (Å²) in [6.45, 7) is 0. The molecule has 0 rings (SSSR count). The molecule has 0 bridgehead atoms. The molecule has 0 aliphatic heterocycles. The van der Waals surface area contributed by atoms with Crippen LogP contribution in [0.25, 0.3) is 0 Å². The molecule has 0 aromatic heterocycles. The average Bonchev–Trinajstić information content (AvgIpc) is 2.31. The number of hydrogen-bond acceptors (Lipinski definition) is 1. The summed E-state index contributed by atoms with van der Waals surface area (Å²) in [6.07, 6.45) is 21.2. The van der Waals surface area contributed by atoms with Gasteiger partial charge in [0.15, 0.2) is 0 Å². The van der Waals surface area contributed by atoms with Crippen LogP contribution in [0.2, 0.25) is 0 Å². The van der Waals surface area contributed by atoms with Crippen molar-refractivity contribution in [2.75, 3.05) is 0 Å². The van der Waals surface area contributed by atoms with Crippen molar-refractivity contribution in [2.24, 2.45) is 0 Å². The summed E-state index contributed by atoms with van der Waals surface area (Å²) in [5.41, 5.74) is 0. The first-order valence-corrected chi connectivity index (χ1v) is 6.39. The Morgan fingerprint density at radius 1 is 0.812 bits per heavy atom. The van der Waals surface area contributed by atoms with E-state index in [0.29, 0.717) is 0 Å². The van der Waals surface area contributed by atoms with Crippen LogP contribution < -0.4 is 0 Å². The molecule has 90 valence electrons. The molecule has 0 amide bonds. The first-order chi connectivity index (χ1) is 7.81. The summed E-state index contributed by atoms with van der Waals surface area (Å²) in [4.78, 5) is 0. The zero-order valence-corrected chi connectivity index (χ0v) is 10.3. The molecule has 0 aliphatic carbocycles. The van der Waals surface area contributed by atoms with E-state index in [1.807, 2.05) is 0 Å². The Morgan fingerprint density at radius 3 is 1.81 bits per heavy atom. The second-order valence-electron chi connectivity index (χ2n) is 4.25. The number of terminal acetylenes is 2. The highest BCUT2D eigenvalue weighted by molar-refractivity contribution is 4.92. The molecule has 0 fully saturated rings. The Labute approximate surface area is 101 Å². The summed E-state index contributed by atoms with van der Waals surface area (Å²) in [5.74, 6) is 5.00. The normalized spacial score (nSPS) is 11.7. The molecule has 0 spiro atoms. The average molecular weight is 220 g/mol. The molecule has 1 atom stereocenters. The zero-order valence-electron chi connectivity index (χ0n) is 10.3. The Bertz CT molecular complexity index is 219. The third-order valence-corrected chi connectivity index (χ3v) is 2.74. The maximum absolute atomic E-state index is 9.13. The first kappa shape index (κ1) is 15.1. The van der Waals surface area contributed by atoms with Crippen LogP contribution in [0, 0.1) is 24.7 Å². The second-order valence-corrected chi connectivity index (χ2v) is 4.25. The Kier molecular flexibility index (Phi) is 11.5. The van der Waals surface area contributed by atoms with Gasteiger partial charge in [-0.05, 0) is 19.3 Å². The van der Waals surface area contributed by atoms with Crippen LogP contribution in [0.4, 0.5) is 0 Å². The lowest BCUT2D eigenvalue weighted by molar-refractivity contribution is 0.217. The second kappa shape index (κ2) is 12.2. The third-order valence-electron chi connectivity index (χ3n) is 2.74. The maximum atomic E-state index is 9.13. The van der Waals surface area contributed by atoms with E-state index >= 15 is 0 Å². The Hall–Kier alpha value is -0.920. The van der Waals surface area contributed by atoms with Crippen molar-refractivity contribution < 1.29 is 5.11 Å². The first-order valence-electron chi connectivity index (χ1n) is 6.39. The molecule has 1 heteroatoms. The zero-order chi connectivity index (χ0) is 12.1. The molecule has 1 N–H and O–H groups in total. The van der Waals surface area contributed by atoms with Crippen molar-refractivity contribution in [1.82, 2.24) is 0 Å². The van der Waals surface area contributed by atoms with E-state index < -0.39 is 6.10 Å². The van der Waals surface area contributed by atoms with Crippen LogP contribution in [0.15, 0.2) is 0 Å². The van der Waals surface area contributed by atoms with Gasteiger partial charge in [0.1, 0.15) is 6.10 Å². The van der Waals surface area contributed by atoms with Crippen molar-refractivity contribution in [3.63, 3.8) is 0 Å². The lowest BCUT2D eigenvalue weighted by atomic mass is 10.1. The number of unbranched alkanes of at least 4 members (excludes halogenated alkanes) is 8. The largest absolute Gasteiger partial charge is 0.380 e. The molecule has 0 aromatic rings. The van der Waals surface area contributed by atoms with Gasteiger partial charge in [0.05, 0.1) is 0 Å². The van der Waals surface area contributed by atoms with Crippen molar-refractivity contribution in [1.29, 1.82) is 0 Å². The highest BCUT2D eigenvalue weighted by Crippen LogP contribution is 2.11. The molecule has 0 heterocycles. The van der Waals surface area contributed by atoms with Crippen LogP contribution in [0.5, 0.6) is 0 Å². The molecular formula is C15H24O. The lowest BCUT2D eigenvalue weighted by Gasteiger charge is -2.03.